The van der Waals surface area contributed by atoms with E-state index in [4.69, 9.17) is 0 Å². The van der Waals surface area contributed by atoms with Crippen LogP contribution in [0, 0.1) is 0 Å². The summed E-state index contributed by atoms with van der Waals surface area (Å²) >= 11 is 0. The standard InChI is InChI=1S/C11H19NO3S/c1-9-7-10(13)3-5-12(9)11(2)4-6-16(14,15)8-11/h9H,3-8H2,1-2H3. The van der Waals surface area contributed by atoms with Gasteiger partial charge in [-0.3, -0.25) is 9.69 Å². The number of Topliss-reactive ketones (excluding diaryl/α,β-unsaturated/α-hetero) is 1. The molecule has 2 unspecified atom stereocenters. The highest BCUT2D eigenvalue weighted by molar-refractivity contribution is 7.91. The van der Waals surface area contributed by atoms with Crippen molar-refractivity contribution in [3.8, 4) is 0 Å². The van der Waals surface area contributed by atoms with Gasteiger partial charge in [-0.25, -0.2) is 8.42 Å². The van der Waals surface area contributed by atoms with E-state index in [1.54, 1.807) is 0 Å². The van der Waals surface area contributed by atoms with Gasteiger partial charge in [-0.1, -0.05) is 0 Å². The molecule has 2 heterocycles. The molecule has 16 heavy (non-hydrogen) atoms. The molecule has 2 aliphatic rings. The Morgan fingerprint density at radius 1 is 1.44 bits per heavy atom. The largest absolute Gasteiger partial charge is 0.300 e. The van der Waals surface area contributed by atoms with Crippen molar-refractivity contribution < 1.29 is 13.2 Å². The zero-order valence-electron chi connectivity index (χ0n) is 9.90. The van der Waals surface area contributed by atoms with Crippen LogP contribution in [0.2, 0.25) is 0 Å². The van der Waals surface area contributed by atoms with Crippen LogP contribution in [0.3, 0.4) is 0 Å². The Kier molecular flexibility index (Phi) is 2.87. The van der Waals surface area contributed by atoms with E-state index in [0.717, 1.165) is 0 Å². The fraction of sp³-hybridized carbons (Fsp3) is 0.909. The molecule has 0 amide bonds. The molecule has 0 spiro atoms. The molecule has 4 nitrogen and oxygen atoms in total. The zero-order valence-corrected chi connectivity index (χ0v) is 10.7. The minimum Gasteiger partial charge on any atom is -0.300 e. The molecular weight excluding hydrogens is 226 g/mol. The van der Waals surface area contributed by atoms with Crippen molar-refractivity contribution in [3.63, 3.8) is 0 Å². The van der Waals surface area contributed by atoms with Crippen LogP contribution < -0.4 is 0 Å². The summed E-state index contributed by atoms with van der Waals surface area (Å²) < 4.78 is 23.1. The maximum atomic E-state index is 11.6. The molecule has 0 saturated carbocycles. The van der Waals surface area contributed by atoms with E-state index in [2.05, 4.69) is 4.90 Å². The van der Waals surface area contributed by atoms with Gasteiger partial charge in [-0.05, 0) is 20.3 Å². The van der Waals surface area contributed by atoms with Gasteiger partial charge in [0.15, 0.2) is 9.84 Å². The minimum absolute atomic E-state index is 0.180. The Hall–Kier alpha value is -0.420. The monoisotopic (exact) mass is 245 g/mol. The van der Waals surface area contributed by atoms with Crippen LogP contribution in [-0.2, 0) is 14.6 Å². The van der Waals surface area contributed by atoms with Crippen LogP contribution in [0.5, 0.6) is 0 Å². The Morgan fingerprint density at radius 2 is 2.12 bits per heavy atom. The maximum absolute atomic E-state index is 11.6. The molecule has 0 N–H and O–H groups in total. The van der Waals surface area contributed by atoms with Crippen LogP contribution in [0.15, 0.2) is 0 Å². The number of rotatable bonds is 1. The molecule has 2 rings (SSSR count). The lowest BCUT2D eigenvalue weighted by Crippen LogP contribution is -2.55. The molecule has 0 aromatic heterocycles. The Morgan fingerprint density at radius 3 is 2.62 bits per heavy atom. The maximum Gasteiger partial charge on any atom is 0.152 e. The molecule has 2 atom stereocenters. The van der Waals surface area contributed by atoms with Crippen molar-refractivity contribution in [2.75, 3.05) is 18.1 Å². The Balaban J connectivity index is 2.16. The van der Waals surface area contributed by atoms with E-state index in [0.29, 0.717) is 37.3 Å². The number of likely N-dealkylation sites (tertiary alicyclic amines) is 1. The van der Waals surface area contributed by atoms with Gasteiger partial charge in [0.2, 0.25) is 0 Å². The molecule has 0 radical (unpaired) electrons. The third-order valence-corrected chi connectivity index (χ3v) is 5.75. The number of nitrogens with zero attached hydrogens (tertiary/aromatic N) is 1. The number of carbonyl (C=O) groups excluding carboxylic acids is 1. The van der Waals surface area contributed by atoms with Crippen LogP contribution in [0.1, 0.15) is 33.1 Å². The highest BCUT2D eigenvalue weighted by atomic mass is 32.2. The summed E-state index contributed by atoms with van der Waals surface area (Å²) in [5, 5.41) is 0. The van der Waals surface area contributed by atoms with Gasteiger partial charge < -0.3 is 0 Å². The molecule has 92 valence electrons. The summed E-state index contributed by atoms with van der Waals surface area (Å²) in [4.78, 5) is 13.5. The number of carbonyl (C=O) groups is 1. The van der Waals surface area contributed by atoms with Gasteiger partial charge in [-0.2, -0.15) is 0 Å². The second-order valence-corrected chi connectivity index (χ2v) is 7.56. The smallest absolute Gasteiger partial charge is 0.152 e. The molecule has 2 aliphatic heterocycles. The molecular formula is C11H19NO3S. The normalized spacial score (nSPS) is 40.1. The van der Waals surface area contributed by atoms with Crippen molar-refractivity contribution in [3.05, 3.63) is 0 Å². The molecule has 0 aliphatic carbocycles. The summed E-state index contributed by atoms with van der Waals surface area (Å²) in [6.07, 6.45) is 1.84. The van der Waals surface area contributed by atoms with Crippen molar-refractivity contribution in [2.45, 2.75) is 44.7 Å². The first-order chi connectivity index (χ1) is 7.32. The average molecular weight is 245 g/mol. The summed E-state index contributed by atoms with van der Waals surface area (Å²) in [6, 6.07) is 0.180. The van der Waals surface area contributed by atoms with Gasteiger partial charge in [0.05, 0.1) is 11.5 Å². The fourth-order valence-electron chi connectivity index (χ4n) is 3.03. The van der Waals surface area contributed by atoms with E-state index < -0.39 is 9.84 Å². The number of piperidine rings is 1. The fourth-order valence-corrected chi connectivity index (χ4v) is 5.18. The van der Waals surface area contributed by atoms with Crippen LogP contribution in [0.25, 0.3) is 0 Å². The Bertz CT molecular complexity index is 403. The number of ketones is 1. The number of sulfone groups is 1. The van der Waals surface area contributed by atoms with E-state index in [1.807, 2.05) is 13.8 Å². The summed E-state index contributed by atoms with van der Waals surface area (Å²) in [5.74, 6) is 0.840. The third-order valence-electron chi connectivity index (χ3n) is 3.86. The highest BCUT2D eigenvalue weighted by Crippen LogP contribution is 2.33. The predicted octanol–water partition coefficient (Wildman–Crippen LogP) is 0.617. The summed E-state index contributed by atoms with van der Waals surface area (Å²) in [5.41, 5.74) is -0.251. The SMILES string of the molecule is CC1CC(=O)CCN1C1(C)CCS(=O)(=O)C1. The highest BCUT2D eigenvalue weighted by Gasteiger charge is 2.45. The first-order valence-corrected chi connectivity index (χ1v) is 7.63. The lowest BCUT2D eigenvalue weighted by molar-refractivity contribution is -0.124. The number of hydrogen-bond acceptors (Lipinski definition) is 4. The number of hydrogen-bond donors (Lipinski definition) is 0. The van der Waals surface area contributed by atoms with Gasteiger partial charge >= 0.3 is 0 Å². The molecule has 0 aromatic rings. The molecule has 2 fully saturated rings. The van der Waals surface area contributed by atoms with E-state index >= 15 is 0 Å². The van der Waals surface area contributed by atoms with Gasteiger partial charge in [0.1, 0.15) is 5.78 Å². The summed E-state index contributed by atoms with van der Waals surface area (Å²) in [7, 11) is -2.87. The van der Waals surface area contributed by atoms with Gasteiger partial charge in [0.25, 0.3) is 0 Å². The quantitative estimate of drug-likeness (QED) is 0.679. The van der Waals surface area contributed by atoms with Crippen LogP contribution >= 0.6 is 0 Å². The van der Waals surface area contributed by atoms with E-state index in [-0.39, 0.29) is 17.3 Å². The van der Waals surface area contributed by atoms with Crippen molar-refractivity contribution in [1.29, 1.82) is 0 Å². The average Bonchev–Trinajstić information content (AvgIpc) is 2.41. The minimum atomic E-state index is -2.87. The van der Waals surface area contributed by atoms with E-state index in [9.17, 15) is 13.2 Å². The zero-order chi connectivity index (χ0) is 12.0. The lowest BCUT2D eigenvalue weighted by Gasteiger charge is -2.44. The van der Waals surface area contributed by atoms with Crippen molar-refractivity contribution >= 4 is 15.6 Å². The third kappa shape index (κ3) is 2.15. The second-order valence-electron chi connectivity index (χ2n) is 5.37. The van der Waals surface area contributed by atoms with Crippen LogP contribution in [-0.4, -0.2) is 48.7 Å². The first-order valence-electron chi connectivity index (χ1n) is 5.81. The van der Waals surface area contributed by atoms with E-state index in [1.165, 1.54) is 0 Å². The van der Waals surface area contributed by atoms with Gasteiger partial charge in [0, 0.05) is 31.0 Å². The molecule has 5 heteroatoms. The summed E-state index contributed by atoms with van der Waals surface area (Å²) in [6.45, 7) is 4.75. The van der Waals surface area contributed by atoms with Gasteiger partial charge in [-0.15, -0.1) is 0 Å². The molecule has 0 aromatic carbocycles. The molecule has 0 bridgehead atoms. The lowest BCUT2D eigenvalue weighted by atomic mass is 9.91. The first kappa shape index (κ1) is 12.0. The molecule has 2 saturated heterocycles. The van der Waals surface area contributed by atoms with Crippen molar-refractivity contribution in [1.82, 2.24) is 4.90 Å². The predicted molar refractivity (Wildman–Crippen MR) is 62.1 cm³/mol. The Labute approximate surface area is 96.9 Å². The second kappa shape index (κ2) is 3.81. The van der Waals surface area contributed by atoms with Crippen molar-refractivity contribution in [2.24, 2.45) is 0 Å². The van der Waals surface area contributed by atoms with Crippen LogP contribution in [0.4, 0.5) is 0 Å². The topological polar surface area (TPSA) is 54.5 Å².